The zero-order valence-corrected chi connectivity index (χ0v) is 27.2. The fourth-order valence-corrected chi connectivity index (χ4v) is 15.6. The van der Waals surface area contributed by atoms with Crippen LogP contribution in [-0.4, -0.2) is 29.8 Å². The first-order valence-electron chi connectivity index (χ1n) is 19.2. The molecule has 19 rings (SSSR count). The summed E-state index contributed by atoms with van der Waals surface area (Å²) in [6.07, 6.45) is 3.77. The highest BCUT2D eigenvalue weighted by atomic mass is 16.1. The maximum absolute atomic E-state index is 12.7. The summed E-state index contributed by atoms with van der Waals surface area (Å²) in [5.74, 6) is 1.62. The van der Waals surface area contributed by atoms with Crippen LogP contribution in [-0.2, 0) is 4.79 Å². The third-order valence-corrected chi connectivity index (χ3v) is 16.7. The second kappa shape index (κ2) is 5.97. The minimum absolute atomic E-state index is 0.346. The molecule has 0 aromatic heterocycles. The quantitative estimate of drug-likeness (QED) is 0.154. The van der Waals surface area contributed by atoms with Gasteiger partial charge in [-0.2, -0.15) is 0 Å². The van der Waals surface area contributed by atoms with Gasteiger partial charge in [-0.3, -0.25) is 9.69 Å². The summed E-state index contributed by atoms with van der Waals surface area (Å²) >= 11 is 0. The number of hydrogen-bond donors (Lipinski definition) is 0. The lowest BCUT2D eigenvalue weighted by molar-refractivity contribution is -0.114. The summed E-state index contributed by atoms with van der Waals surface area (Å²) in [7, 11) is 0. The SMILES string of the molecule is O=C1C=C2CC3C4=c5c6ccc7c8ccc9c%10ccc%11c%12ccc%13c%14c%15c(c5c5c6c7c6c8c9c7c%10c%11c(c%12%14)c8c%15c5c6c78)C%13C4CN3CC2C1. The topological polar surface area (TPSA) is 20.3 Å². The highest BCUT2D eigenvalue weighted by Crippen LogP contribution is 2.69. The van der Waals surface area contributed by atoms with Crippen molar-refractivity contribution in [3.05, 3.63) is 76.5 Å². The van der Waals surface area contributed by atoms with Gasteiger partial charge >= 0.3 is 0 Å². The summed E-state index contributed by atoms with van der Waals surface area (Å²) in [6.45, 7) is 2.14. The van der Waals surface area contributed by atoms with Crippen LogP contribution in [0.2, 0.25) is 0 Å². The van der Waals surface area contributed by atoms with E-state index in [-0.39, 0.29) is 0 Å². The molecule has 4 atom stereocenters. The van der Waals surface area contributed by atoms with Crippen molar-refractivity contribution in [3.8, 4) is 0 Å². The van der Waals surface area contributed by atoms with Gasteiger partial charge in [0.15, 0.2) is 5.78 Å². The van der Waals surface area contributed by atoms with Crippen LogP contribution in [0.15, 0.2) is 60.2 Å². The number of fused-ring (bicyclic) bond motifs is 10. The van der Waals surface area contributed by atoms with E-state index < -0.39 is 0 Å². The van der Waals surface area contributed by atoms with Gasteiger partial charge in [0, 0.05) is 43.3 Å². The number of allylic oxidation sites excluding steroid dienone is 1. The number of carbonyl (C=O) groups excluding carboxylic acids is 1. The molecule has 51 heavy (non-hydrogen) atoms. The van der Waals surface area contributed by atoms with Gasteiger partial charge in [-0.15, -0.1) is 0 Å². The molecule has 3 aliphatic carbocycles. The van der Waals surface area contributed by atoms with Crippen molar-refractivity contribution in [1.29, 1.82) is 0 Å². The lowest BCUT2D eigenvalue weighted by Crippen LogP contribution is -2.40. The van der Waals surface area contributed by atoms with Crippen LogP contribution in [0, 0.1) is 11.8 Å². The van der Waals surface area contributed by atoms with E-state index in [0.29, 0.717) is 36.0 Å². The zero-order chi connectivity index (χ0) is 31.6. The van der Waals surface area contributed by atoms with Crippen LogP contribution in [0.25, 0.3) is 146 Å². The molecule has 0 amide bonds. The summed E-state index contributed by atoms with van der Waals surface area (Å²) in [5, 5.41) is 41.7. The Balaban J connectivity index is 1.22. The first kappa shape index (κ1) is 22.3. The molecule has 0 spiro atoms. The predicted octanol–water partition coefficient (Wildman–Crippen LogP) is 10.6. The Morgan fingerprint density at radius 2 is 0.961 bits per heavy atom. The number of carbonyl (C=O) groups is 1. The van der Waals surface area contributed by atoms with E-state index in [1.165, 1.54) is 64.8 Å². The molecule has 5 aliphatic rings. The van der Waals surface area contributed by atoms with Crippen LogP contribution < -0.4 is 5.22 Å². The summed E-state index contributed by atoms with van der Waals surface area (Å²) in [4.78, 5) is 15.5. The minimum Gasteiger partial charge on any atom is -0.295 e. The fourth-order valence-electron chi connectivity index (χ4n) is 15.6. The molecule has 228 valence electrons. The third kappa shape index (κ3) is 1.68. The molecule has 14 aromatic carbocycles. The van der Waals surface area contributed by atoms with Crippen molar-refractivity contribution in [2.24, 2.45) is 11.8 Å². The maximum Gasteiger partial charge on any atom is 0.156 e. The van der Waals surface area contributed by atoms with E-state index in [2.05, 4.69) is 53.4 Å². The van der Waals surface area contributed by atoms with Gasteiger partial charge in [-0.1, -0.05) is 54.1 Å². The molecule has 4 unspecified atom stereocenters. The third-order valence-electron chi connectivity index (χ3n) is 16.7. The molecule has 0 saturated carbocycles. The number of hydrogen-bond acceptors (Lipinski definition) is 2. The Kier molecular flexibility index (Phi) is 2.61. The molecule has 0 radical (unpaired) electrons. The van der Waals surface area contributed by atoms with Gasteiger partial charge in [0.1, 0.15) is 0 Å². The zero-order valence-electron chi connectivity index (χ0n) is 27.2. The van der Waals surface area contributed by atoms with Crippen molar-refractivity contribution in [2.75, 3.05) is 13.1 Å². The normalized spacial score (nSPS) is 25.4. The van der Waals surface area contributed by atoms with Gasteiger partial charge in [0.25, 0.3) is 0 Å². The van der Waals surface area contributed by atoms with E-state index in [4.69, 9.17) is 0 Å². The first-order valence-corrected chi connectivity index (χ1v) is 19.2. The Morgan fingerprint density at radius 3 is 1.59 bits per heavy atom. The Bertz CT molecular complexity index is 4140. The second-order valence-corrected chi connectivity index (χ2v) is 17.9. The smallest absolute Gasteiger partial charge is 0.156 e. The Hall–Kier alpha value is -5.57. The van der Waals surface area contributed by atoms with E-state index in [1.807, 2.05) is 6.08 Å². The molecule has 0 bridgehead atoms. The van der Waals surface area contributed by atoms with Crippen molar-refractivity contribution in [3.63, 3.8) is 0 Å². The maximum atomic E-state index is 12.7. The van der Waals surface area contributed by atoms with Gasteiger partial charge in [0.05, 0.1) is 0 Å². The van der Waals surface area contributed by atoms with Crippen molar-refractivity contribution in [1.82, 2.24) is 4.90 Å². The summed E-state index contributed by atoms with van der Waals surface area (Å²) in [6, 6.07) is 20.5. The van der Waals surface area contributed by atoms with Crippen LogP contribution in [0.1, 0.15) is 29.9 Å². The van der Waals surface area contributed by atoms with Gasteiger partial charge in [-0.25, -0.2) is 0 Å². The number of ketones is 1. The highest BCUT2D eigenvalue weighted by Gasteiger charge is 2.53. The first-order chi connectivity index (χ1) is 25.3. The number of benzene rings is 9. The minimum atomic E-state index is 0.346. The standard InChI is InChI=1S/C49H21NO/c51-16-9-14-11-26-28-25(13-50(26)12-15(14)10-16)27-23-7-5-21-19-3-1-17-18-2-4-20-22-6-8-24-35(28)42-38(27)43-36(23)33(21)40-31(19)29(17)39-30(18)32(20)41-34(22)37(24)44(42)49-47(41)45(39)46(40)48(43)49/h1-9,15,25-27H,10-13H2. The number of nitrogens with zero attached hydrogens (tertiary/aromatic N) is 1. The molecule has 2 aliphatic heterocycles. The van der Waals surface area contributed by atoms with E-state index in [1.54, 1.807) is 103 Å². The van der Waals surface area contributed by atoms with Gasteiger partial charge < -0.3 is 0 Å². The van der Waals surface area contributed by atoms with Crippen molar-refractivity contribution >= 4 is 151 Å². The largest absolute Gasteiger partial charge is 0.295 e. The lowest BCUT2D eigenvalue weighted by Gasteiger charge is -2.35. The van der Waals surface area contributed by atoms with E-state index in [0.717, 1.165) is 19.5 Å². The average Bonchev–Trinajstić information content (AvgIpc) is 4.00. The highest BCUT2D eigenvalue weighted by molar-refractivity contribution is 6.67. The molecule has 2 fully saturated rings. The Labute approximate surface area is 286 Å². The fraction of sp³-hybridized carbons (Fsp3) is 0.163. The molecule has 0 N–H and O–H groups in total. The van der Waals surface area contributed by atoms with Crippen molar-refractivity contribution in [2.45, 2.75) is 24.8 Å². The monoisotopic (exact) mass is 639 g/mol. The Morgan fingerprint density at radius 1 is 0.471 bits per heavy atom. The average molecular weight is 640 g/mol. The van der Waals surface area contributed by atoms with E-state index >= 15 is 0 Å². The number of piperidine rings is 1. The molecule has 2 heteroatoms. The van der Waals surface area contributed by atoms with Gasteiger partial charge in [-0.05, 0) is 174 Å². The molecule has 2 heterocycles. The van der Waals surface area contributed by atoms with Gasteiger partial charge in [0.2, 0.25) is 0 Å². The van der Waals surface area contributed by atoms with Crippen LogP contribution in [0.5, 0.6) is 0 Å². The van der Waals surface area contributed by atoms with Crippen molar-refractivity contribution < 1.29 is 4.79 Å². The van der Waals surface area contributed by atoms with Crippen LogP contribution in [0.3, 0.4) is 0 Å². The molecule has 14 aromatic rings. The van der Waals surface area contributed by atoms with Crippen LogP contribution in [0.4, 0.5) is 0 Å². The van der Waals surface area contributed by atoms with E-state index in [9.17, 15) is 4.79 Å². The summed E-state index contributed by atoms with van der Waals surface area (Å²) in [5.41, 5.74) is 6.41. The lowest BCUT2D eigenvalue weighted by atomic mass is 9.73. The molecular formula is C49H21NO. The molecule has 2 saturated heterocycles. The number of rotatable bonds is 0. The van der Waals surface area contributed by atoms with Crippen LogP contribution >= 0.6 is 0 Å². The molecule has 2 nitrogen and oxygen atoms in total. The summed E-state index contributed by atoms with van der Waals surface area (Å²) < 4.78 is 0. The second-order valence-electron chi connectivity index (χ2n) is 17.9. The molecular weight excluding hydrogens is 619 g/mol. The predicted molar refractivity (Wildman–Crippen MR) is 211 cm³/mol.